The molecule has 142 valence electrons. The van der Waals surface area contributed by atoms with Crippen LogP contribution in [0.25, 0.3) is 0 Å². The lowest BCUT2D eigenvalue weighted by molar-refractivity contribution is -0.126. The lowest BCUT2D eigenvalue weighted by atomic mass is 9.62. The van der Waals surface area contributed by atoms with Gasteiger partial charge in [0, 0.05) is 42.3 Å². The second-order valence-electron chi connectivity index (χ2n) is 8.84. The Bertz CT molecular complexity index is 695. The Morgan fingerprint density at radius 2 is 2.00 bits per heavy atom. The average molecular weight is 358 g/mol. The first kappa shape index (κ1) is 17.7. The monoisotopic (exact) mass is 358 g/mol. The number of fused-ring (bicyclic) bond motifs is 1. The van der Waals surface area contributed by atoms with E-state index in [0.717, 1.165) is 17.9 Å². The third-order valence-electron chi connectivity index (χ3n) is 6.79. The number of nitrogens with zero attached hydrogens (tertiary/aromatic N) is 2. The summed E-state index contributed by atoms with van der Waals surface area (Å²) in [4.78, 5) is 21.5. The zero-order chi connectivity index (χ0) is 18.5. The van der Waals surface area contributed by atoms with E-state index >= 15 is 0 Å². The Labute approximate surface area is 155 Å². The Hall–Kier alpha value is -1.69. The van der Waals surface area contributed by atoms with Gasteiger partial charge in [0.25, 0.3) is 0 Å². The second kappa shape index (κ2) is 6.48. The molecule has 0 radical (unpaired) electrons. The Morgan fingerprint density at radius 1 is 1.27 bits per heavy atom. The lowest BCUT2D eigenvalue weighted by Crippen LogP contribution is -2.64. The molecule has 0 bridgehead atoms. The van der Waals surface area contributed by atoms with Crippen molar-refractivity contribution in [3.8, 4) is 0 Å². The predicted octanol–water partition coefficient (Wildman–Crippen LogP) is 2.67. The Kier molecular flexibility index (Phi) is 4.41. The number of ether oxygens (including phenoxy) is 1. The zero-order valence-electron chi connectivity index (χ0n) is 16.2. The first-order valence-corrected chi connectivity index (χ1v) is 9.80. The van der Waals surface area contributed by atoms with E-state index in [0.29, 0.717) is 30.2 Å². The van der Waals surface area contributed by atoms with Gasteiger partial charge < -0.3 is 15.4 Å². The van der Waals surface area contributed by atoms with E-state index in [1.54, 1.807) is 7.11 Å². The summed E-state index contributed by atoms with van der Waals surface area (Å²) < 4.78 is 5.14. The topological polar surface area (TPSA) is 76.1 Å². The van der Waals surface area contributed by atoms with Crippen LogP contribution in [0.4, 0.5) is 5.82 Å². The molecule has 1 heterocycles. The summed E-state index contributed by atoms with van der Waals surface area (Å²) in [5.41, 5.74) is 0.928. The number of rotatable bonds is 6. The number of methoxy groups -OCH3 is 1. The van der Waals surface area contributed by atoms with Gasteiger partial charge >= 0.3 is 0 Å². The van der Waals surface area contributed by atoms with Crippen LogP contribution in [0.5, 0.6) is 0 Å². The van der Waals surface area contributed by atoms with Gasteiger partial charge in [0.15, 0.2) is 5.82 Å². The first-order chi connectivity index (χ1) is 12.4. The molecule has 3 saturated carbocycles. The SMILES string of the molecule is COCc1nc(C)cc(NC2CC(NC(=O)C3C4CCCC43)C2(C)C)n1. The van der Waals surface area contributed by atoms with Crippen molar-refractivity contribution in [2.24, 2.45) is 23.2 Å². The number of hydrogen-bond acceptors (Lipinski definition) is 5. The highest BCUT2D eigenvalue weighted by molar-refractivity contribution is 5.83. The number of aromatic nitrogens is 2. The van der Waals surface area contributed by atoms with Crippen molar-refractivity contribution in [2.75, 3.05) is 12.4 Å². The Morgan fingerprint density at radius 3 is 2.65 bits per heavy atom. The van der Waals surface area contributed by atoms with Crippen molar-refractivity contribution in [3.63, 3.8) is 0 Å². The molecule has 6 heteroatoms. The number of amides is 1. The highest BCUT2D eigenvalue weighted by Gasteiger charge is 2.58. The molecule has 3 aliphatic rings. The van der Waals surface area contributed by atoms with Crippen LogP contribution >= 0.6 is 0 Å². The number of carbonyl (C=O) groups excluding carboxylic acids is 1. The second-order valence-corrected chi connectivity index (χ2v) is 8.84. The van der Waals surface area contributed by atoms with E-state index < -0.39 is 0 Å². The molecule has 1 aromatic heterocycles. The molecular weight excluding hydrogens is 328 g/mol. The summed E-state index contributed by atoms with van der Waals surface area (Å²) in [6.45, 7) is 6.81. The number of nitrogens with one attached hydrogen (secondary N) is 2. The number of aryl methyl sites for hydroxylation is 1. The van der Waals surface area contributed by atoms with E-state index in [1.807, 2.05) is 13.0 Å². The zero-order valence-corrected chi connectivity index (χ0v) is 16.2. The minimum absolute atomic E-state index is 0.0000650. The van der Waals surface area contributed by atoms with Crippen molar-refractivity contribution in [2.45, 2.75) is 65.1 Å². The molecule has 3 fully saturated rings. The van der Waals surface area contributed by atoms with E-state index in [2.05, 4.69) is 34.4 Å². The molecule has 4 rings (SSSR count). The molecule has 0 aromatic carbocycles. The molecule has 2 N–H and O–H groups in total. The van der Waals surface area contributed by atoms with Gasteiger partial charge in [-0.25, -0.2) is 9.97 Å². The van der Waals surface area contributed by atoms with Gasteiger partial charge in [-0.1, -0.05) is 20.3 Å². The maximum Gasteiger partial charge on any atom is 0.223 e. The van der Waals surface area contributed by atoms with E-state index in [4.69, 9.17) is 4.74 Å². The molecular formula is C20H30N4O2. The number of hydrogen-bond donors (Lipinski definition) is 2. The minimum atomic E-state index is -0.0000650. The van der Waals surface area contributed by atoms with Crippen molar-refractivity contribution >= 4 is 11.7 Å². The van der Waals surface area contributed by atoms with Crippen LogP contribution in [0.1, 0.15) is 51.0 Å². The predicted molar refractivity (Wildman–Crippen MR) is 99.5 cm³/mol. The fourth-order valence-electron chi connectivity index (χ4n) is 4.97. The third-order valence-corrected chi connectivity index (χ3v) is 6.79. The summed E-state index contributed by atoms with van der Waals surface area (Å²) in [5, 5.41) is 6.86. The molecule has 4 atom stereocenters. The lowest BCUT2D eigenvalue weighted by Gasteiger charge is -2.52. The molecule has 0 spiro atoms. The van der Waals surface area contributed by atoms with E-state index in [1.165, 1.54) is 19.3 Å². The maximum absolute atomic E-state index is 12.6. The normalized spacial score (nSPS) is 33.9. The van der Waals surface area contributed by atoms with Crippen LogP contribution in [0.3, 0.4) is 0 Å². The van der Waals surface area contributed by atoms with Gasteiger partial charge in [0.1, 0.15) is 12.4 Å². The summed E-state index contributed by atoms with van der Waals surface area (Å²) >= 11 is 0. The van der Waals surface area contributed by atoms with Crippen molar-refractivity contribution < 1.29 is 9.53 Å². The molecule has 0 saturated heterocycles. The number of carbonyl (C=O) groups is 1. The van der Waals surface area contributed by atoms with Crippen molar-refractivity contribution in [3.05, 3.63) is 17.6 Å². The fraction of sp³-hybridized carbons (Fsp3) is 0.750. The van der Waals surface area contributed by atoms with Crippen LogP contribution in [-0.2, 0) is 16.1 Å². The van der Waals surface area contributed by atoms with Gasteiger partial charge in [-0.2, -0.15) is 0 Å². The van der Waals surface area contributed by atoms with Gasteiger partial charge in [-0.3, -0.25) is 4.79 Å². The third kappa shape index (κ3) is 3.08. The summed E-state index contributed by atoms with van der Waals surface area (Å²) in [6, 6.07) is 2.48. The largest absolute Gasteiger partial charge is 0.377 e. The van der Waals surface area contributed by atoms with Crippen LogP contribution < -0.4 is 10.6 Å². The summed E-state index contributed by atoms with van der Waals surface area (Å²) in [6.07, 6.45) is 4.74. The van der Waals surface area contributed by atoms with E-state index in [9.17, 15) is 4.79 Å². The van der Waals surface area contributed by atoms with Gasteiger partial charge in [-0.15, -0.1) is 0 Å². The minimum Gasteiger partial charge on any atom is -0.377 e. The molecule has 3 aliphatic carbocycles. The first-order valence-electron chi connectivity index (χ1n) is 9.80. The highest BCUT2D eigenvalue weighted by atomic mass is 16.5. The van der Waals surface area contributed by atoms with Crippen LogP contribution in [-0.4, -0.2) is 35.1 Å². The smallest absolute Gasteiger partial charge is 0.223 e. The van der Waals surface area contributed by atoms with Crippen LogP contribution in [0, 0.1) is 30.1 Å². The molecule has 4 unspecified atom stereocenters. The van der Waals surface area contributed by atoms with Crippen LogP contribution in [0.2, 0.25) is 0 Å². The fourth-order valence-corrected chi connectivity index (χ4v) is 4.97. The summed E-state index contributed by atoms with van der Waals surface area (Å²) in [5.74, 6) is 3.47. The van der Waals surface area contributed by atoms with Gasteiger partial charge in [0.2, 0.25) is 5.91 Å². The average Bonchev–Trinajstić information content (AvgIpc) is 3.06. The van der Waals surface area contributed by atoms with E-state index in [-0.39, 0.29) is 23.4 Å². The standard InChI is InChI=1S/C20H30N4O2/c1-11-8-16(24-17(21-11)10-26-4)22-14-9-15(20(14,2)3)23-19(25)18-12-6-5-7-13(12)18/h8,12-15,18H,5-7,9-10H2,1-4H3,(H,23,25)(H,21,22,24). The maximum atomic E-state index is 12.6. The molecule has 6 nitrogen and oxygen atoms in total. The van der Waals surface area contributed by atoms with Crippen LogP contribution in [0.15, 0.2) is 6.07 Å². The van der Waals surface area contributed by atoms with Gasteiger partial charge in [0.05, 0.1) is 0 Å². The summed E-state index contributed by atoms with van der Waals surface area (Å²) in [7, 11) is 1.65. The molecule has 1 amide bonds. The number of anilines is 1. The molecule has 1 aromatic rings. The molecule has 26 heavy (non-hydrogen) atoms. The Balaban J connectivity index is 1.34. The quantitative estimate of drug-likeness (QED) is 0.818. The highest BCUT2D eigenvalue weighted by Crippen LogP contribution is 2.57. The van der Waals surface area contributed by atoms with Gasteiger partial charge in [-0.05, 0) is 38.0 Å². The molecule has 0 aliphatic heterocycles. The van der Waals surface area contributed by atoms with Crippen molar-refractivity contribution in [1.29, 1.82) is 0 Å². The van der Waals surface area contributed by atoms with Crippen molar-refractivity contribution in [1.82, 2.24) is 15.3 Å².